The maximum Gasteiger partial charge on any atom is 0.283 e. The number of rotatable bonds is 5. The van der Waals surface area contributed by atoms with Crippen LogP contribution in [0.15, 0.2) is 58.6 Å². The second-order valence-electron chi connectivity index (χ2n) is 7.02. The Kier molecular flexibility index (Phi) is 6.01. The minimum atomic E-state index is -0.660. The van der Waals surface area contributed by atoms with Crippen LogP contribution in [-0.4, -0.2) is 22.7 Å². The van der Waals surface area contributed by atoms with Crippen LogP contribution in [0.3, 0.4) is 0 Å². The number of aryl methyl sites for hydroxylation is 2. The van der Waals surface area contributed by atoms with Crippen LogP contribution < -0.4 is 15.5 Å². The number of imide groups is 1. The SMILES string of the molecule is Cc1csc(NC(=O)c2cccc(NC3=C(Cl)C(=O)N(c4ccc(C)c(Cl)c4)C3=O)c2)n1. The molecule has 1 aromatic heterocycles. The number of carbonyl (C=O) groups is 3. The van der Waals surface area contributed by atoms with Gasteiger partial charge in [-0.3, -0.25) is 19.7 Å². The van der Waals surface area contributed by atoms with Gasteiger partial charge in [-0.15, -0.1) is 11.3 Å². The smallest absolute Gasteiger partial charge is 0.283 e. The van der Waals surface area contributed by atoms with E-state index < -0.39 is 11.8 Å². The van der Waals surface area contributed by atoms with Crippen molar-refractivity contribution >= 4 is 68.8 Å². The fourth-order valence-electron chi connectivity index (χ4n) is 3.03. The molecule has 162 valence electrons. The van der Waals surface area contributed by atoms with Crippen molar-refractivity contribution in [3.8, 4) is 0 Å². The van der Waals surface area contributed by atoms with Crippen LogP contribution in [0.25, 0.3) is 0 Å². The average Bonchev–Trinajstić information content (AvgIpc) is 3.26. The van der Waals surface area contributed by atoms with Crippen molar-refractivity contribution in [2.75, 3.05) is 15.5 Å². The lowest BCUT2D eigenvalue weighted by molar-refractivity contribution is -0.120. The molecule has 3 aromatic rings. The summed E-state index contributed by atoms with van der Waals surface area (Å²) in [5.41, 5.74) is 2.63. The highest BCUT2D eigenvalue weighted by Gasteiger charge is 2.39. The summed E-state index contributed by atoms with van der Waals surface area (Å²) in [6.07, 6.45) is 0. The number of hydrogen-bond donors (Lipinski definition) is 2. The van der Waals surface area contributed by atoms with Crippen LogP contribution in [0.2, 0.25) is 5.02 Å². The van der Waals surface area contributed by atoms with Crippen LogP contribution in [0.4, 0.5) is 16.5 Å². The minimum Gasteiger partial charge on any atom is -0.350 e. The van der Waals surface area contributed by atoms with Gasteiger partial charge < -0.3 is 5.32 Å². The van der Waals surface area contributed by atoms with E-state index in [9.17, 15) is 14.4 Å². The van der Waals surface area contributed by atoms with Crippen LogP contribution in [-0.2, 0) is 9.59 Å². The molecular weight excluding hydrogens is 471 g/mol. The summed E-state index contributed by atoms with van der Waals surface area (Å²) < 4.78 is 0. The van der Waals surface area contributed by atoms with Gasteiger partial charge in [0.1, 0.15) is 10.7 Å². The molecule has 1 aliphatic heterocycles. The van der Waals surface area contributed by atoms with Crippen LogP contribution >= 0.6 is 34.5 Å². The Hall–Kier alpha value is -3.20. The third kappa shape index (κ3) is 4.25. The van der Waals surface area contributed by atoms with Crippen molar-refractivity contribution in [3.63, 3.8) is 0 Å². The maximum absolute atomic E-state index is 13.0. The van der Waals surface area contributed by atoms with E-state index in [1.165, 1.54) is 17.4 Å². The number of nitrogens with zero attached hydrogens (tertiary/aromatic N) is 2. The van der Waals surface area contributed by atoms with Gasteiger partial charge in [-0.25, -0.2) is 9.88 Å². The maximum atomic E-state index is 13.0. The average molecular weight is 487 g/mol. The van der Waals surface area contributed by atoms with Gasteiger partial charge in [-0.05, 0) is 49.7 Å². The molecule has 4 rings (SSSR count). The van der Waals surface area contributed by atoms with E-state index >= 15 is 0 Å². The number of anilines is 3. The molecule has 2 N–H and O–H groups in total. The van der Waals surface area contributed by atoms with Gasteiger partial charge in [0.2, 0.25) is 0 Å². The number of hydrogen-bond acceptors (Lipinski definition) is 6. The molecule has 0 bridgehead atoms. The third-order valence-electron chi connectivity index (χ3n) is 4.67. The van der Waals surface area contributed by atoms with Crippen molar-refractivity contribution in [2.24, 2.45) is 0 Å². The molecule has 3 amide bonds. The Morgan fingerprint density at radius 2 is 1.84 bits per heavy atom. The minimum absolute atomic E-state index is 0.0820. The molecular formula is C22H16Cl2N4O3S. The van der Waals surface area contributed by atoms with Crippen LogP contribution in [0, 0.1) is 13.8 Å². The molecule has 0 spiro atoms. The topological polar surface area (TPSA) is 91.4 Å². The number of amides is 3. The van der Waals surface area contributed by atoms with E-state index in [0.717, 1.165) is 16.2 Å². The molecule has 0 atom stereocenters. The summed E-state index contributed by atoms with van der Waals surface area (Å²) in [4.78, 5) is 43.3. The van der Waals surface area contributed by atoms with E-state index in [1.54, 1.807) is 36.4 Å². The monoisotopic (exact) mass is 486 g/mol. The fraction of sp³-hybridized carbons (Fsp3) is 0.0909. The quantitative estimate of drug-likeness (QED) is 0.489. The first kappa shape index (κ1) is 22.0. The summed E-state index contributed by atoms with van der Waals surface area (Å²) in [6.45, 7) is 3.65. The Labute approximate surface area is 197 Å². The van der Waals surface area contributed by atoms with Gasteiger partial charge in [-0.1, -0.05) is 35.3 Å². The van der Waals surface area contributed by atoms with Crippen LogP contribution in [0.1, 0.15) is 21.6 Å². The predicted molar refractivity (Wildman–Crippen MR) is 126 cm³/mol. The van der Waals surface area contributed by atoms with Crippen molar-refractivity contribution < 1.29 is 14.4 Å². The summed E-state index contributed by atoms with van der Waals surface area (Å²) >= 11 is 13.7. The summed E-state index contributed by atoms with van der Waals surface area (Å²) in [5.74, 6) is -1.63. The normalized spacial score (nSPS) is 13.7. The van der Waals surface area contributed by atoms with Crippen molar-refractivity contribution in [2.45, 2.75) is 13.8 Å². The van der Waals surface area contributed by atoms with Gasteiger partial charge in [0.25, 0.3) is 17.7 Å². The van der Waals surface area contributed by atoms with E-state index in [2.05, 4.69) is 15.6 Å². The standard InChI is InChI=1S/C22H16Cl2N4O3S/c1-11-6-7-15(9-16(11)23)28-20(30)17(24)18(21(28)31)26-14-5-3-4-13(8-14)19(29)27-22-25-12(2)10-32-22/h3-10,26H,1-2H3,(H,25,27,29). The van der Waals surface area contributed by atoms with Gasteiger partial charge in [0.05, 0.1) is 11.4 Å². The molecule has 0 unspecified atom stereocenters. The lowest BCUT2D eigenvalue weighted by atomic mass is 10.2. The van der Waals surface area contributed by atoms with Gasteiger partial charge >= 0.3 is 0 Å². The number of aromatic nitrogens is 1. The second-order valence-corrected chi connectivity index (χ2v) is 8.67. The predicted octanol–water partition coefficient (Wildman–Crippen LogP) is 5.10. The highest BCUT2D eigenvalue weighted by Crippen LogP contribution is 2.32. The number of nitrogens with one attached hydrogen (secondary N) is 2. The molecule has 2 aromatic carbocycles. The van der Waals surface area contributed by atoms with Crippen molar-refractivity contribution in [1.82, 2.24) is 4.98 Å². The molecule has 1 aliphatic rings. The number of thiazole rings is 1. The zero-order chi connectivity index (χ0) is 23.0. The molecule has 0 aliphatic carbocycles. The molecule has 7 nitrogen and oxygen atoms in total. The van der Waals surface area contributed by atoms with Crippen molar-refractivity contribution in [1.29, 1.82) is 0 Å². The fourth-order valence-corrected chi connectivity index (χ4v) is 4.10. The Bertz CT molecular complexity index is 1300. The van der Waals surface area contributed by atoms with E-state index in [1.807, 2.05) is 19.2 Å². The first-order chi connectivity index (χ1) is 15.2. The highest BCUT2D eigenvalue weighted by molar-refractivity contribution is 7.13. The Morgan fingerprint density at radius 3 is 2.53 bits per heavy atom. The molecule has 32 heavy (non-hydrogen) atoms. The summed E-state index contributed by atoms with van der Waals surface area (Å²) in [7, 11) is 0. The lowest BCUT2D eigenvalue weighted by Gasteiger charge is -2.16. The molecule has 0 saturated heterocycles. The van der Waals surface area contributed by atoms with E-state index in [-0.39, 0.29) is 16.6 Å². The largest absolute Gasteiger partial charge is 0.350 e. The Morgan fingerprint density at radius 1 is 1.06 bits per heavy atom. The van der Waals surface area contributed by atoms with E-state index in [0.29, 0.717) is 27.1 Å². The summed E-state index contributed by atoms with van der Waals surface area (Å²) in [6, 6.07) is 11.3. The molecule has 0 radical (unpaired) electrons. The lowest BCUT2D eigenvalue weighted by Crippen LogP contribution is -2.32. The van der Waals surface area contributed by atoms with E-state index in [4.69, 9.17) is 23.2 Å². The number of benzene rings is 2. The number of carbonyl (C=O) groups excluding carboxylic acids is 3. The first-order valence-corrected chi connectivity index (χ1v) is 11.0. The third-order valence-corrected chi connectivity index (χ3v) is 6.31. The Balaban J connectivity index is 1.55. The van der Waals surface area contributed by atoms with Gasteiger partial charge in [0.15, 0.2) is 5.13 Å². The van der Waals surface area contributed by atoms with Crippen molar-refractivity contribution in [3.05, 3.63) is 80.4 Å². The van der Waals surface area contributed by atoms with Gasteiger partial charge in [0, 0.05) is 21.7 Å². The molecule has 2 heterocycles. The van der Waals surface area contributed by atoms with Gasteiger partial charge in [-0.2, -0.15) is 0 Å². The first-order valence-electron chi connectivity index (χ1n) is 9.40. The zero-order valence-electron chi connectivity index (χ0n) is 16.9. The summed E-state index contributed by atoms with van der Waals surface area (Å²) in [5, 5.41) is 8.09. The second kappa shape index (κ2) is 8.74. The molecule has 0 saturated carbocycles. The molecule has 0 fully saturated rings. The van der Waals surface area contributed by atoms with Crippen LogP contribution in [0.5, 0.6) is 0 Å². The zero-order valence-corrected chi connectivity index (χ0v) is 19.2. The molecule has 10 heteroatoms. The number of halogens is 2. The highest BCUT2D eigenvalue weighted by atomic mass is 35.5.